The molecule has 1 aliphatic rings. The number of fused-ring (bicyclic) bond motifs is 1. The Morgan fingerprint density at radius 2 is 2.24 bits per heavy atom. The van der Waals surface area contributed by atoms with Crippen molar-refractivity contribution in [3.8, 4) is 0 Å². The molecule has 2 N–H and O–H groups in total. The molecule has 0 fully saturated rings. The molecule has 1 aromatic carbocycles. The van der Waals surface area contributed by atoms with Crippen LogP contribution in [0.1, 0.15) is 22.8 Å². The highest BCUT2D eigenvalue weighted by atomic mass is 16.5. The standard InChI is InChI=1S/C16H16N2O3/c19-10-12-5-7-17-9-14(12)18-16(20)15-13-4-2-1-3-11(13)6-8-21-15/h1-5,7,9,15,19H,6,8,10H2,(H,18,20). The Morgan fingerprint density at radius 3 is 3.10 bits per heavy atom. The first kappa shape index (κ1) is 13.7. The third-order valence-electron chi connectivity index (χ3n) is 3.57. The van der Waals surface area contributed by atoms with Gasteiger partial charge in [-0.05, 0) is 23.6 Å². The van der Waals surface area contributed by atoms with E-state index < -0.39 is 6.10 Å². The number of benzene rings is 1. The number of carbonyl (C=O) groups is 1. The van der Waals surface area contributed by atoms with Gasteiger partial charge in [0.1, 0.15) is 0 Å². The quantitative estimate of drug-likeness (QED) is 0.902. The Labute approximate surface area is 122 Å². The maximum atomic E-state index is 12.5. The molecule has 5 heteroatoms. The number of aliphatic hydroxyl groups is 1. The highest BCUT2D eigenvalue weighted by Crippen LogP contribution is 2.28. The molecule has 1 unspecified atom stereocenters. The Bertz CT molecular complexity index is 657. The first-order valence-electron chi connectivity index (χ1n) is 6.83. The average Bonchev–Trinajstić information content (AvgIpc) is 2.54. The molecule has 0 radical (unpaired) electrons. The fourth-order valence-electron chi connectivity index (χ4n) is 2.48. The van der Waals surface area contributed by atoms with Crippen molar-refractivity contribution >= 4 is 11.6 Å². The van der Waals surface area contributed by atoms with Crippen LogP contribution in [0.4, 0.5) is 5.69 Å². The van der Waals surface area contributed by atoms with Crippen molar-refractivity contribution in [1.29, 1.82) is 0 Å². The molecule has 0 aliphatic carbocycles. The fraction of sp³-hybridized carbons (Fsp3) is 0.250. The van der Waals surface area contributed by atoms with E-state index >= 15 is 0 Å². The summed E-state index contributed by atoms with van der Waals surface area (Å²) in [6.07, 6.45) is 3.29. The van der Waals surface area contributed by atoms with Gasteiger partial charge in [0.15, 0.2) is 6.10 Å². The van der Waals surface area contributed by atoms with Crippen LogP contribution in [-0.2, 0) is 22.6 Å². The zero-order valence-electron chi connectivity index (χ0n) is 11.5. The normalized spacial score (nSPS) is 17.1. The molecule has 2 heterocycles. The topological polar surface area (TPSA) is 71.5 Å². The zero-order valence-corrected chi connectivity index (χ0v) is 11.5. The van der Waals surface area contributed by atoms with Gasteiger partial charge in [0.25, 0.3) is 5.91 Å². The van der Waals surface area contributed by atoms with E-state index in [2.05, 4.69) is 10.3 Å². The lowest BCUT2D eigenvalue weighted by molar-refractivity contribution is -0.128. The molecule has 1 atom stereocenters. The number of anilines is 1. The number of amides is 1. The summed E-state index contributed by atoms with van der Waals surface area (Å²) in [5.74, 6) is -0.246. The van der Waals surface area contributed by atoms with Crippen molar-refractivity contribution in [2.45, 2.75) is 19.1 Å². The lowest BCUT2D eigenvalue weighted by Crippen LogP contribution is -2.28. The average molecular weight is 284 g/mol. The molecule has 108 valence electrons. The number of aliphatic hydroxyl groups excluding tert-OH is 1. The number of pyridine rings is 1. The van der Waals surface area contributed by atoms with Crippen LogP contribution in [0.15, 0.2) is 42.7 Å². The molecule has 21 heavy (non-hydrogen) atoms. The van der Waals surface area contributed by atoms with E-state index in [9.17, 15) is 9.90 Å². The maximum Gasteiger partial charge on any atom is 0.258 e. The number of hydrogen-bond donors (Lipinski definition) is 2. The summed E-state index contributed by atoms with van der Waals surface area (Å²) < 4.78 is 5.62. The van der Waals surface area contributed by atoms with Crippen LogP contribution >= 0.6 is 0 Å². The summed E-state index contributed by atoms with van der Waals surface area (Å²) in [6, 6.07) is 9.46. The molecular formula is C16H16N2O3. The van der Waals surface area contributed by atoms with Gasteiger partial charge in [-0.3, -0.25) is 9.78 Å². The second-order valence-corrected chi connectivity index (χ2v) is 4.88. The fourth-order valence-corrected chi connectivity index (χ4v) is 2.48. The van der Waals surface area contributed by atoms with E-state index in [0.29, 0.717) is 17.9 Å². The van der Waals surface area contributed by atoms with Crippen LogP contribution in [0.3, 0.4) is 0 Å². The molecule has 0 spiro atoms. The number of nitrogens with one attached hydrogen (secondary N) is 1. The van der Waals surface area contributed by atoms with Crippen molar-refractivity contribution in [1.82, 2.24) is 4.98 Å². The largest absolute Gasteiger partial charge is 0.392 e. The Hall–Kier alpha value is -2.24. The summed E-state index contributed by atoms with van der Waals surface area (Å²) in [7, 11) is 0. The molecule has 2 aromatic rings. The summed E-state index contributed by atoms with van der Waals surface area (Å²) in [5.41, 5.74) is 3.17. The highest BCUT2D eigenvalue weighted by Gasteiger charge is 2.27. The van der Waals surface area contributed by atoms with E-state index in [0.717, 1.165) is 17.5 Å². The van der Waals surface area contributed by atoms with Crippen molar-refractivity contribution in [2.24, 2.45) is 0 Å². The lowest BCUT2D eigenvalue weighted by atomic mass is 9.97. The minimum Gasteiger partial charge on any atom is -0.392 e. The molecule has 0 saturated carbocycles. The van der Waals surface area contributed by atoms with Crippen LogP contribution in [0.5, 0.6) is 0 Å². The van der Waals surface area contributed by atoms with E-state index in [1.807, 2.05) is 24.3 Å². The minimum absolute atomic E-state index is 0.153. The van der Waals surface area contributed by atoms with Gasteiger partial charge in [-0.25, -0.2) is 0 Å². The van der Waals surface area contributed by atoms with Crippen molar-refractivity contribution in [3.63, 3.8) is 0 Å². The van der Waals surface area contributed by atoms with Gasteiger partial charge in [-0.15, -0.1) is 0 Å². The number of rotatable bonds is 3. The molecule has 5 nitrogen and oxygen atoms in total. The molecular weight excluding hydrogens is 268 g/mol. The molecule has 1 amide bonds. The number of aromatic nitrogens is 1. The molecule has 3 rings (SSSR count). The number of nitrogens with zero attached hydrogens (tertiary/aromatic N) is 1. The maximum absolute atomic E-state index is 12.5. The summed E-state index contributed by atoms with van der Waals surface area (Å²) >= 11 is 0. The third-order valence-corrected chi connectivity index (χ3v) is 3.57. The third kappa shape index (κ3) is 2.79. The summed E-state index contributed by atoms with van der Waals surface area (Å²) in [5, 5.41) is 12.1. The molecule has 0 saturated heterocycles. The monoisotopic (exact) mass is 284 g/mol. The Kier molecular flexibility index (Phi) is 3.94. The van der Waals surface area contributed by atoms with E-state index in [1.54, 1.807) is 12.3 Å². The van der Waals surface area contributed by atoms with Crippen LogP contribution in [-0.4, -0.2) is 22.6 Å². The van der Waals surface area contributed by atoms with E-state index in [4.69, 9.17) is 4.74 Å². The van der Waals surface area contributed by atoms with E-state index in [1.165, 1.54) is 6.20 Å². The van der Waals surface area contributed by atoms with Gasteiger partial charge in [-0.2, -0.15) is 0 Å². The molecule has 1 aromatic heterocycles. The predicted molar refractivity (Wildman–Crippen MR) is 77.6 cm³/mol. The number of ether oxygens (including phenoxy) is 1. The van der Waals surface area contributed by atoms with Gasteiger partial charge in [0.2, 0.25) is 0 Å². The number of hydrogen-bond acceptors (Lipinski definition) is 4. The van der Waals surface area contributed by atoms with Gasteiger partial charge in [0, 0.05) is 11.8 Å². The van der Waals surface area contributed by atoms with Crippen molar-refractivity contribution in [2.75, 3.05) is 11.9 Å². The minimum atomic E-state index is -0.623. The number of carbonyl (C=O) groups excluding carboxylic acids is 1. The SMILES string of the molecule is O=C(Nc1cnccc1CO)C1OCCc2ccccc21. The first-order chi connectivity index (χ1) is 10.3. The van der Waals surface area contributed by atoms with Crippen LogP contribution < -0.4 is 5.32 Å². The summed E-state index contributed by atoms with van der Waals surface area (Å²) in [6.45, 7) is 0.370. The second-order valence-electron chi connectivity index (χ2n) is 4.88. The molecule has 1 aliphatic heterocycles. The Morgan fingerprint density at radius 1 is 1.38 bits per heavy atom. The van der Waals surface area contributed by atoms with Gasteiger partial charge >= 0.3 is 0 Å². The first-order valence-corrected chi connectivity index (χ1v) is 6.83. The van der Waals surface area contributed by atoms with Crippen LogP contribution in [0, 0.1) is 0 Å². The lowest BCUT2D eigenvalue weighted by Gasteiger charge is -2.25. The highest BCUT2D eigenvalue weighted by molar-refractivity contribution is 5.95. The van der Waals surface area contributed by atoms with Crippen molar-refractivity contribution < 1.29 is 14.6 Å². The second kappa shape index (κ2) is 6.03. The van der Waals surface area contributed by atoms with E-state index in [-0.39, 0.29) is 12.5 Å². The van der Waals surface area contributed by atoms with Crippen molar-refractivity contribution in [3.05, 3.63) is 59.4 Å². The zero-order chi connectivity index (χ0) is 14.7. The van der Waals surface area contributed by atoms with Gasteiger partial charge < -0.3 is 15.2 Å². The smallest absolute Gasteiger partial charge is 0.258 e. The molecule has 0 bridgehead atoms. The van der Waals surface area contributed by atoms with Gasteiger partial charge in [0.05, 0.1) is 25.1 Å². The summed E-state index contributed by atoms with van der Waals surface area (Å²) in [4.78, 5) is 16.4. The van der Waals surface area contributed by atoms with Crippen LogP contribution in [0.25, 0.3) is 0 Å². The Balaban J connectivity index is 1.84. The predicted octanol–water partition coefficient (Wildman–Crippen LogP) is 1.83. The van der Waals surface area contributed by atoms with Gasteiger partial charge in [-0.1, -0.05) is 24.3 Å². The van der Waals surface area contributed by atoms with Crippen LogP contribution in [0.2, 0.25) is 0 Å².